The van der Waals surface area contributed by atoms with E-state index in [1.54, 1.807) is 12.4 Å². The second-order valence-electron chi connectivity index (χ2n) is 12.8. The fraction of sp³-hybridized carbons (Fsp3) is 0.323. The van der Waals surface area contributed by atoms with Crippen molar-refractivity contribution in [1.29, 1.82) is 5.41 Å². The third-order valence-electron chi connectivity index (χ3n) is 7.81. The van der Waals surface area contributed by atoms with Gasteiger partial charge in [0.05, 0.1) is 30.0 Å². The highest BCUT2D eigenvalue weighted by Gasteiger charge is 2.54. The van der Waals surface area contributed by atoms with E-state index in [1.807, 2.05) is 35.2 Å². The van der Waals surface area contributed by atoms with Gasteiger partial charge in [0.1, 0.15) is 11.4 Å². The van der Waals surface area contributed by atoms with Crippen LogP contribution in [0.25, 0.3) is 11.4 Å². The van der Waals surface area contributed by atoms with Crippen molar-refractivity contribution in [2.75, 3.05) is 16.6 Å². The number of aromatic amines is 1. The number of amidine groups is 1. The van der Waals surface area contributed by atoms with Gasteiger partial charge >= 0.3 is 0 Å². The summed E-state index contributed by atoms with van der Waals surface area (Å²) in [5.74, 6) is 2.52. The molecule has 3 aromatic rings. The fourth-order valence-electron chi connectivity index (χ4n) is 5.58. The van der Waals surface area contributed by atoms with Gasteiger partial charge in [-0.05, 0) is 72.7 Å². The Bertz CT molecular complexity index is 1720. The van der Waals surface area contributed by atoms with Gasteiger partial charge in [-0.2, -0.15) is 15.2 Å². The van der Waals surface area contributed by atoms with Gasteiger partial charge in [0, 0.05) is 28.2 Å². The molecule has 216 valence electrons. The summed E-state index contributed by atoms with van der Waals surface area (Å²) in [5.41, 5.74) is 3.76. The molecule has 0 aliphatic carbocycles. The molecule has 2 aromatic carbocycles. The van der Waals surface area contributed by atoms with Gasteiger partial charge in [0.2, 0.25) is 0 Å². The van der Waals surface area contributed by atoms with Crippen LogP contribution in [0, 0.1) is 12.3 Å². The maximum atomic E-state index is 9.92. The molecular weight excluding hydrogens is 548 g/mol. The van der Waals surface area contributed by atoms with Crippen LogP contribution in [0.5, 0.6) is 0 Å². The van der Waals surface area contributed by atoms with Gasteiger partial charge in [0.15, 0.2) is 24.0 Å². The molecular formula is C31H36ClN10+. The molecule has 3 aliphatic rings. The Labute approximate surface area is 251 Å². The van der Waals surface area contributed by atoms with Crippen LogP contribution in [0.15, 0.2) is 67.3 Å². The third kappa shape index (κ3) is 4.33. The lowest BCUT2D eigenvalue weighted by Crippen LogP contribution is -2.72. The van der Waals surface area contributed by atoms with Crippen molar-refractivity contribution in [3.05, 3.63) is 83.4 Å². The van der Waals surface area contributed by atoms with Gasteiger partial charge < -0.3 is 9.47 Å². The van der Waals surface area contributed by atoms with E-state index in [1.165, 1.54) is 0 Å². The summed E-state index contributed by atoms with van der Waals surface area (Å²) in [4.78, 5) is 7.37. The number of fused-ring (bicyclic) bond motifs is 2. The fourth-order valence-corrected chi connectivity index (χ4v) is 5.71. The van der Waals surface area contributed by atoms with E-state index >= 15 is 0 Å². The molecule has 42 heavy (non-hydrogen) atoms. The molecule has 6 rings (SSSR count). The molecule has 1 atom stereocenters. The molecule has 1 aromatic heterocycles. The Morgan fingerprint density at radius 1 is 0.929 bits per heavy atom. The SMILES string of the molecule is Cc1ccc([N+]2(N(c3ccc(Cl)cc3)c3ncn(C(C)(C)C)c4nncc3-4)CN(C(C)(C)C)c3[nH]ncc3C2=N)cc1. The molecule has 11 heteroatoms. The number of hydrogen-bond acceptors (Lipinski definition) is 7. The summed E-state index contributed by atoms with van der Waals surface area (Å²) in [6.07, 6.45) is 5.32. The predicted molar refractivity (Wildman–Crippen MR) is 169 cm³/mol. The van der Waals surface area contributed by atoms with Crippen molar-refractivity contribution in [2.45, 2.75) is 59.5 Å². The second-order valence-corrected chi connectivity index (χ2v) is 13.2. The summed E-state index contributed by atoms with van der Waals surface area (Å²) < 4.78 is 2.02. The van der Waals surface area contributed by atoms with E-state index in [2.05, 4.69) is 103 Å². The maximum absolute atomic E-state index is 9.92. The molecule has 0 spiro atoms. The Morgan fingerprint density at radius 3 is 2.26 bits per heavy atom. The average Bonchev–Trinajstić information content (AvgIpc) is 3.61. The number of H-pyrrole nitrogens is 1. The van der Waals surface area contributed by atoms with E-state index in [0.717, 1.165) is 28.3 Å². The van der Waals surface area contributed by atoms with E-state index in [4.69, 9.17) is 16.6 Å². The minimum atomic E-state index is -0.306. The van der Waals surface area contributed by atoms with Crippen LogP contribution in [0.3, 0.4) is 0 Å². The van der Waals surface area contributed by atoms with Crippen LogP contribution >= 0.6 is 11.6 Å². The minimum Gasteiger partial charge on any atom is -0.310 e. The molecule has 0 saturated heterocycles. The molecule has 1 unspecified atom stereocenters. The van der Waals surface area contributed by atoms with Crippen molar-refractivity contribution < 1.29 is 0 Å². The predicted octanol–water partition coefficient (Wildman–Crippen LogP) is 6.88. The normalized spacial score (nSPS) is 17.5. The largest absolute Gasteiger partial charge is 0.310 e. The van der Waals surface area contributed by atoms with Crippen LogP contribution < -0.4 is 14.5 Å². The quantitative estimate of drug-likeness (QED) is 0.224. The van der Waals surface area contributed by atoms with Crippen molar-refractivity contribution in [3.8, 4) is 11.4 Å². The summed E-state index contributed by atoms with van der Waals surface area (Å²) in [6.45, 7) is 15.3. The molecule has 0 saturated carbocycles. The number of nitrogens with one attached hydrogen (secondary N) is 2. The minimum absolute atomic E-state index is 0.0154. The Balaban J connectivity index is 1.72. The van der Waals surface area contributed by atoms with Gasteiger partial charge in [0.25, 0.3) is 5.84 Å². The van der Waals surface area contributed by atoms with E-state index in [-0.39, 0.29) is 15.7 Å². The Morgan fingerprint density at radius 2 is 1.62 bits per heavy atom. The maximum Gasteiger partial charge on any atom is 0.265 e. The monoisotopic (exact) mass is 583 g/mol. The number of aromatic nitrogens is 6. The molecule has 0 bridgehead atoms. The Hall–Kier alpha value is -4.28. The number of nitrogens with zero attached hydrogens (tertiary/aromatic N) is 8. The van der Waals surface area contributed by atoms with E-state index in [9.17, 15) is 5.41 Å². The van der Waals surface area contributed by atoms with Gasteiger partial charge in [-0.25, -0.2) is 10.4 Å². The van der Waals surface area contributed by atoms with Crippen molar-refractivity contribution in [1.82, 2.24) is 34.5 Å². The first kappa shape index (κ1) is 27.9. The van der Waals surface area contributed by atoms with Gasteiger partial charge in [-0.15, -0.1) is 9.69 Å². The summed E-state index contributed by atoms with van der Waals surface area (Å²) >= 11 is 6.40. The molecule has 0 amide bonds. The molecule has 0 fully saturated rings. The zero-order valence-corrected chi connectivity index (χ0v) is 25.8. The number of rotatable bonds is 4. The lowest BCUT2D eigenvalue weighted by Gasteiger charge is -2.52. The summed E-state index contributed by atoms with van der Waals surface area (Å²) in [7, 11) is 0. The average molecular weight is 584 g/mol. The standard InChI is InChI=1S/C31H36ClN10/c1-20-8-14-23(15-9-20)42(19-40(31(5,6)7)28-24(26(42)33)16-35-37-28)41(22-12-10-21(32)11-13-22)27-25-17-36-38-29(25)39(18-34-27)30(2,3)4/h8-18,33H,19H2,1-7H3,(H,35,37)/q+1. The van der Waals surface area contributed by atoms with Gasteiger partial charge in [-0.3, -0.25) is 5.10 Å². The van der Waals surface area contributed by atoms with Crippen LogP contribution in [-0.4, -0.2) is 48.0 Å². The van der Waals surface area contributed by atoms with E-state index < -0.39 is 0 Å². The number of aryl methyl sites for hydroxylation is 1. The number of benzene rings is 2. The highest BCUT2D eigenvalue weighted by Crippen LogP contribution is 2.46. The summed E-state index contributed by atoms with van der Waals surface area (Å²) in [6, 6.07) is 16.0. The van der Waals surface area contributed by atoms with Crippen LogP contribution in [0.2, 0.25) is 5.02 Å². The van der Waals surface area contributed by atoms with Crippen LogP contribution in [0.1, 0.15) is 52.7 Å². The third-order valence-corrected chi connectivity index (χ3v) is 8.06. The first-order valence-electron chi connectivity index (χ1n) is 13.9. The Kier molecular flexibility index (Phi) is 6.40. The zero-order chi connectivity index (χ0) is 30.0. The molecule has 0 radical (unpaired) electrons. The number of anilines is 3. The number of hydrogen-bond donors (Lipinski definition) is 2. The highest BCUT2D eigenvalue weighted by atomic mass is 35.5. The topological polar surface area (TPSA) is 103 Å². The molecule has 10 nitrogen and oxygen atoms in total. The van der Waals surface area contributed by atoms with Gasteiger partial charge in [-0.1, -0.05) is 29.3 Å². The molecule has 4 heterocycles. The van der Waals surface area contributed by atoms with Crippen LogP contribution in [0.4, 0.5) is 23.0 Å². The van der Waals surface area contributed by atoms with Crippen molar-refractivity contribution >= 4 is 40.4 Å². The van der Waals surface area contributed by atoms with Crippen LogP contribution in [-0.2, 0) is 5.54 Å². The highest BCUT2D eigenvalue weighted by molar-refractivity contribution is 6.30. The second kappa shape index (κ2) is 9.64. The smallest absolute Gasteiger partial charge is 0.265 e. The number of halogens is 1. The first-order chi connectivity index (χ1) is 19.8. The summed E-state index contributed by atoms with van der Waals surface area (Å²) in [5, 5.41) is 29.1. The lowest BCUT2D eigenvalue weighted by molar-refractivity contribution is 0.346. The lowest BCUT2D eigenvalue weighted by atomic mass is 10.0. The molecule has 2 N–H and O–H groups in total. The molecule has 3 aliphatic heterocycles. The van der Waals surface area contributed by atoms with Crippen molar-refractivity contribution in [3.63, 3.8) is 0 Å². The van der Waals surface area contributed by atoms with Crippen molar-refractivity contribution in [2.24, 2.45) is 0 Å². The van der Waals surface area contributed by atoms with E-state index in [0.29, 0.717) is 34.7 Å². The number of quaternary nitrogens is 1. The first-order valence-corrected chi connectivity index (χ1v) is 14.3. The zero-order valence-electron chi connectivity index (χ0n) is 25.0.